The van der Waals surface area contributed by atoms with Gasteiger partial charge in [-0.1, -0.05) is 26.0 Å². The van der Waals surface area contributed by atoms with Gasteiger partial charge in [0.05, 0.1) is 30.4 Å². The number of hydrogen-bond acceptors (Lipinski definition) is 5. The Balaban J connectivity index is 2.09. The van der Waals surface area contributed by atoms with Crippen molar-refractivity contribution < 1.29 is 23.5 Å². The van der Waals surface area contributed by atoms with E-state index in [0.29, 0.717) is 27.7 Å². The Hall–Kier alpha value is -2.80. The molecule has 7 heteroatoms. The van der Waals surface area contributed by atoms with Crippen LogP contribution in [0.2, 0.25) is 0 Å². The Morgan fingerprint density at radius 3 is 2.14 bits per heavy atom. The number of thioether (sulfide) groups is 1. The van der Waals surface area contributed by atoms with Gasteiger partial charge in [0, 0.05) is 11.3 Å². The molecule has 28 heavy (non-hydrogen) atoms. The molecule has 0 spiro atoms. The van der Waals surface area contributed by atoms with Crippen molar-refractivity contribution in [2.24, 2.45) is 0 Å². The largest absolute Gasteiger partial charge is 0.493 e. The van der Waals surface area contributed by atoms with E-state index in [1.165, 1.54) is 50.2 Å². The van der Waals surface area contributed by atoms with E-state index in [1.807, 2.05) is 13.8 Å². The van der Waals surface area contributed by atoms with Gasteiger partial charge in [0.15, 0.2) is 11.5 Å². The number of hydrogen-bond donors (Lipinski definition) is 0. The van der Waals surface area contributed by atoms with Crippen LogP contribution in [0.25, 0.3) is 5.57 Å². The molecule has 0 aliphatic carbocycles. The minimum Gasteiger partial charge on any atom is -0.493 e. The number of nitrogens with zero attached hydrogens (tertiary/aromatic N) is 1. The topological polar surface area (TPSA) is 55.8 Å². The van der Waals surface area contributed by atoms with Gasteiger partial charge in [0.1, 0.15) is 5.82 Å². The van der Waals surface area contributed by atoms with E-state index >= 15 is 0 Å². The van der Waals surface area contributed by atoms with Crippen LogP contribution < -0.4 is 14.4 Å². The summed E-state index contributed by atoms with van der Waals surface area (Å²) in [6.45, 7) is 3.88. The molecule has 1 aliphatic heterocycles. The summed E-state index contributed by atoms with van der Waals surface area (Å²) < 4.78 is 23.8. The molecule has 2 aromatic rings. The van der Waals surface area contributed by atoms with Crippen molar-refractivity contribution in [1.29, 1.82) is 0 Å². The molecule has 0 N–H and O–H groups in total. The van der Waals surface area contributed by atoms with Gasteiger partial charge in [-0.2, -0.15) is 0 Å². The van der Waals surface area contributed by atoms with E-state index in [0.717, 1.165) is 4.90 Å². The summed E-state index contributed by atoms with van der Waals surface area (Å²) in [6.07, 6.45) is 0. The highest BCUT2D eigenvalue weighted by molar-refractivity contribution is 8.04. The maximum Gasteiger partial charge on any atom is 0.272 e. The SMILES string of the molecule is COc1ccc(N2C(=O)C(SC(C)C)=C(c3ccc(F)cc3)C2=O)cc1OC. The van der Waals surface area contributed by atoms with Crippen molar-refractivity contribution >= 4 is 34.8 Å². The van der Waals surface area contributed by atoms with E-state index in [-0.39, 0.29) is 10.8 Å². The van der Waals surface area contributed by atoms with Crippen LogP contribution in [-0.2, 0) is 9.59 Å². The monoisotopic (exact) mass is 401 g/mol. The molecule has 0 fully saturated rings. The molecule has 0 radical (unpaired) electrons. The Bertz CT molecular complexity index is 953. The summed E-state index contributed by atoms with van der Waals surface area (Å²) in [7, 11) is 2.99. The molecule has 1 heterocycles. The van der Waals surface area contributed by atoms with Crippen LogP contribution in [0.15, 0.2) is 47.4 Å². The summed E-state index contributed by atoms with van der Waals surface area (Å²) in [5.41, 5.74) is 1.16. The van der Waals surface area contributed by atoms with Crippen LogP contribution in [-0.4, -0.2) is 31.3 Å². The number of benzene rings is 2. The fraction of sp³-hybridized carbons (Fsp3) is 0.238. The Morgan fingerprint density at radius 1 is 0.929 bits per heavy atom. The highest BCUT2D eigenvalue weighted by atomic mass is 32.2. The van der Waals surface area contributed by atoms with Gasteiger partial charge in [-0.25, -0.2) is 9.29 Å². The zero-order chi connectivity index (χ0) is 20.4. The first-order valence-corrected chi connectivity index (χ1v) is 9.53. The van der Waals surface area contributed by atoms with Crippen LogP contribution >= 0.6 is 11.8 Å². The van der Waals surface area contributed by atoms with Crippen molar-refractivity contribution in [2.45, 2.75) is 19.1 Å². The highest BCUT2D eigenvalue weighted by Crippen LogP contribution is 2.41. The lowest BCUT2D eigenvalue weighted by molar-refractivity contribution is -0.119. The molecule has 146 valence electrons. The van der Waals surface area contributed by atoms with Gasteiger partial charge in [-0.05, 0) is 29.8 Å². The first-order chi connectivity index (χ1) is 13.4. The molecule has 0 unspecified atom stereocenters. The summed E-state index contributed by atoms with van der Waals surface area (Å²) in [5, 5.41) is 0.0903. The summed E-state index contributed by atoms with van der Waals surface area (Å²) in [4.78, 5) is 27.8. The number of carbonyl (C=O) groups is 2. The number of methoxy groups -OCH3 is 2. The van der Waals surface area contributed by atoms with Gasteiger partial charge in [0.25, 0.3) is 11.8 Å². The van der Waals surface area contributed by atoms with E-state index in [1.54, 1.807) is 18.2 Å². The lowest BCUT2D eigenvalue weighted by atomic mass is 10.1. The standard InChI is InChI=1S/C21H20FNO4S/c1-12(2)28-19-18(13-5-7-14(22)8-6-13)20(24)23(21(19)25)15-9-10-16(26-3)17(11-15)27-4/h5-12H,1-4H3. The summed E-state index contributed by atoms with van der Waals surface area (Å²) in [6, 6.07) is 10.4. The number of anilines is 1. The predicted octanol–water partition coefficient (Wildman–Crippen LogP) is 4.27. The van der Waals surface area contributed by atoms with E-state index in [9.17, 15) is 14.0 Å². The van der Waals surface area contributed by atoms with E-state index in [2.05, 4.69) is 0 Å². The smallest absolute Gasteiger partial charge is 0.272 e. The molecule has 0 bridgehead atoms. The number of imide groups is 1. The van der Waals surface area contributed by atoms with Crippen molar-refractivity contribution in [2.75, 3.05) is 19.1 Å². The molecule has 1 aliphatic rings. The van der Waals surface area contributed by atoms with Crippen LogP contribution in [0.1, 0.15) is 19.4 Å². The lowest BCUT2D eigenvalue weighted by Crippen LogP contribution is -2.31. The quantitative estimate of drug-likeness (QED) is 0.677. The molecule has 0 saturated carbocycles. The number of ether oxygens (including phenoxy) is 2. The minimum atomic E-state index is -0.452. The number of rotatable bonds is 6. The number of halogens is 1. The average molecular weight is 401 g/mol. The van der Waals surface area contributed by atoms with E-state index in [4.69, 9.17) is 9.47 Å². The molecule has 2 amide bonds. The molecule has 5 nitrogen and oxygen atoms in total. The molecule has 2 aromatic carbocycles. The minimum absolute atomic E-state index is 0.0903. The van der Waals surface area contributed by atoms with E-state index < -0.39 is 17.6 Å². The summed E-state index contributed by atoms with van der Waals surface area (Å²) in [5.74, 6) is -0.360. The van der Waals surface area contributed by atoms with Crippen molar-refractivity contribution in [3.8, 4) is 11.5 Å². The fourth-order valence-electron chi connectivity index (χ4n) is 2.92. The fourth-order valence-corrected chi connectivity index (χ4v) is 3.91. The number of amides is 2. The van der Waals surface area contributed by atoms with Crippen LogP contribution in [0.4, 0.5) is 10.1 Å². The van der Waals surface area contributed by atoms with Crippen molar-refractivity contribution in [3.63, 3.8) is 0 Å². The Kier molecular flexibility index (Phi) is 5.74. The molecule has 0 atom stereocenters. The van der Waals surface area contributed by atoms with Gasteiger partial charge < -0.3 is 9.47 Å². The zero-order valence-corrected chi connectivity index (χ0v) is 16.8. The third kappa shape index (κ3) is 3.62. The first kappa shape index (κ1) is 19.9. The van der Waals surface area contributed by atoms with Gasteiger partial charge in [0.2, 0.25) is 0 Å². The van der Waals surface area contributed by atoms with Crippen LogP contribution in [0.5, 0.6) is 11.5 Å². The summed E-state index contributed by atoms with van der Waals surface area (Å²) >= 11 is 1.31. The van der Waals surface area contributed by atoms with Crippen LogP contribution in [0.3, 0.4) is 0 Å². The van der Waals surface area contributed by atoms with Crippen LogP contribution in [0, 0.1) is 5.82 Å². The molecular weight excluding hydrogens is 381 g/mol. The Labute approximate surface area is 167 Å². The lowest BCUT2D eigenvalue weighted by Gasteiger charge is -2.17. The third-order valence-corrected chi connectivity index (χ3v) is 5.24. The highest BCUT2D eigenvalue weighted by Gasteiger charge is 2.40. The van der Waals surface area contributed by atoms with Crippen molar-refractivity contribution in [1.82, 2.24) is 0 Å². The molecule has 3 rings (SSSR count). The average Bonchev–Trinajstić information content (AvgIpc) is 2.91. The van der Waals surface area contributed by atoms with Gasteiger partial charge >= 0.3 is 0 Å². The van der Waals surface area contributed by atoms with Gasteiger partial charge in [-0.15, -0.1) is 11.8 Å². The van der Waals surface area contributed by atoms with Gasteiger partial charge in [-0.3, -0.25) is 9.59 Å². The van der Waals surface area contributed by atoms with Crippen molar-refractivity contribution in [3.05, 3.63) is 58.8 Å². The second kappa shape index (κ2) is 8.06. The second-order valence-corrected chi connectivity index (χ2v) is 7.95. The molecular formula is C21H20FNO4S. The predicted molar refractivity (Wildman–Crippen MR) is 108 cm³/mol. The first-order valence-electron chi connectivity index (χ1n) is 8.65. The number of carbonyl (C=O) groups excluding carboxylic acids is 2. The molecule has 0 aromatic heterocycles. The Morgan fingerprint density at radius 2 is 1.57 bits per heavy atom. The second-order valence-electron chi connectivity index (χ2n) is 6.36. The molecule has 0 saturated heterocycles. The third-order valence-electron chi connectivity index (χ3n) is 4.15. The maximum absolute atomic E-state index is 13.3. The zero-order valence-electron chi connectivity index (χ0n) is 16.0. The normalized spacial score (nSPS) is 14.3. The maximum atomic E-state index is 13.3.